The molecule has 0 spiro atoms. The number of hydrogen-bond acceptors (Lipinski definition) is 2. The minimum Gasteiger partial charge on any atom is -0.291 e. The second-order valence-electron chi connectivity index (χ2n) is 3.97. The maximum Gasteiger partial charge on any atom is 0.123 e. The smallest absolute Gasteiger partial charge is 0.123 e. The van der Waals surface area contributed by atoms with Crippen molar-refractivity contribution in [2.24, 2.45) is 0 Å². The van der Waals surface area contributed by atoms with Gasteiger partial charge in [0.25, 0.3) is 0 Å². The van der Waals surface area contributed by atoms with Gasteiger partial charge in [-0.2, -0.15) is 0 Å². The molecule has 0 N–H and O–H groups in total. The first-order valence-electron chi connectivity index (χ1n) is 5.65. The Morgan fingerprint density at radius 3 is 2.58 bits per heavy atom. The molecule has 2 heterocycles. The highest BCUT2D eigenvalue weighted by Crippen LogP contribution is 2.28. The molecular formula is C14H9BrFN3. The molecule has 0 aliphatic heterocycles. The highest BCUT2D eigenvalue weighted by molar-refractivity contribution is 9.10. The fourth-order valence-electron chi connectivity index (χ4n) is 1.81. The van der Waals surface area contributed by atoms with Crippen molar-refractivity contribution >= 4 is 15.9 Å². The summed E-state index contributed by atoms with van der Waals surface area (Å²) in [6.07, 6.45) is 5.18. The van der Waals surface area contributed by atoms with Crippen LogP contribution in [-0.4, -0.2) is 14.5 Å². The Hall–Kier alpha value is -2.01. The SMILES string of the molecule is Fc1ccc(-c2ncn(-c3cccnc3)c2Br)cc1. The van der Waals surface area contributed by atoms with Gasteiger partial charge >= 0.3 is 0 Å². The molecule has 3 nitrogen and oxygen atoms in total. The van der Waals surface area contributed by atoms with Gasteiger partial charge < -0.3 is 0 Å². The molecule has 0 radical (unpaired) electrons. The number of halogens is 2. The molecule has 0 saturated heterocycles. The van der Waals surface area contributed by atoms with Crippen LogP contribution in [0.4, 0.5) is 4.39 Å². The van der Waals surface area contributed by atoms with E-state index in [4.69, 9.17) is 0 Å². The highest BCUT2D eigenvalue weighted by Gasteiger charge is 2.11. The van der Waals surface area contributed by atoms with Crippen LogP contribution in [0.25, 0.3) is 16.9 Å². The Morgan fingerprint density at radius 1 is 1.11 bits per heavy atom. The maximum absolute atomic E-state index is 12.9. The third kappa shape index (κ3) is 2.29. The topological polar surface area (TPSA) is 30.7 Å². The summed E-state index contributed by atoms with van der Waals surface area (Å²) in [5.74, 6) is -0.258. The van der Waals surface area contributed by atoms with E-state index in [-0.39, 0.29) is 5.82 Å². The predicted octanol–water partition coefficient (Wildman–Crippen LogP) is 3.84. The van der Waals surface area contributed by atoms with E-state index < -0.39 is 0 Å². The zero-order chi connectivity index (χ0) is 13.2. The van der Waals surface area contributed by atoms with E-state index in [9.17, 15) is 4.39 Å². The van der Waals surface area contributed by atoms with Gasteiger partial charge in [0, 0.05) is 11.8 Å². The molecule has 1 aromatic carbocycles. The highest BCUT2D eigenvalue weighted by atomic mass is 79.9. The van der Waals surface area contributed by atoms with Crippen molar-refractivity contribution in [1.29, 1.82) is 0 Å². The van der Waals surface area contributed by atoms with Crippen LogP contribution < -0.4 is 0 Å². The summed E-state index contributed by atoms with van der Waals surface area (Å²) in [6, 6.07) is 10.1. The van der Waals surface area contributed by atoms with Crippen LogP contribution in [0.15, 0.2) is 59.7 Å². The van der Waals surface area contributed by atoms with E-state index in [1.807, 2.05) is 16.7 Å². The number of aromatic nitrogens is 3. The Morgan fingerprint density at radius 2 is 1.89 bits per heavy atom. The van der Waals surface area contributed by atoms with Crippen LogP contribution in [0.5, 0.6) is 0 Å². The molecule has 3 aromatic rings. The van der Waals surface area contributed by atoms with Crippen LogP contribution in [0.3, 0.4) is 0 Å². The third-order valence-corrected chi connectivity index (χ3v) is 3.51. The van der Waals surface area contributed by atoms with Gasteiger partial charge in [0.2, 0.25) is 0 Å². The normalized spacial score (nSPS) is 10.6. The average molecular weight is 318 g/mol. The van der Waals surface area contributed by atoms with E-state index in [2.05, 4.69) is 25.9 Å². The lowest BCUT2D eigenvalue weighted by Gasteiger charge is -2.03. The van der Waals surface area contributed by atoms with Gasteiger partial charge in [-0.3, -0.25) is 9.55 Å². The Bertz CT molecular complexity index is 692. The first-order chi connectivity index (χ1) is 9.25. The van der Waals surface area contributed by atoms with Gasteiger partial charge in [0.15, 0.2) is 0 Å². The van der Waals surface area contributed by atoms with E-state index in [0.29, 0.717) is 0 Å². The fourth-order valence-corrected chi connectivity index (χ4v) is 2.44. The van der Waals surface area contributed by atoms with Crippen LogP contribution in [-0.2, 0) is 0 Å². The Labute approximate surface area is 117 Å². The van der Waals surface area contributed by atoms with Crippen molar-refractivity contribution in [3.63, 3.8) is 0 Å². The fraction of sp³-hybridized carbons (Fsp3) is 0. The van der Waals surface area contributed by atoms with Crippen molar-refractivity contribution in [3.8, 4) is 16.9 Å². The number of pyridine rings is 1. The van der Waals surface area contributed by atoms with Gasteiger partial charge in [0.05, 0.1) is 11.9 Å². The van der Waals surface area contributed by atoms with Gasteiger partial charge in [-0.1, -0.05) is 0 Å². The van der Waals surface area contributed by atoms with Crippen molar-refractivity contribution in [3.05, 3.63) is 65.5 Å². The average Bonchev–Trinajstić information content (AvgIpc) is 2.83. The summed E-state index contributed by atoms with van der Waals surface area (Å²) in [7, 11) is 0. The zero-order valence-electron chi connectivity index (χ0n) is 9.79. The molecule has 0 atom stereocenters. The molecule has 2 aromatic heterocycles. The first kappa shape index (κ1) is 12.0. The molecule has 5 heteroatoms. The second kappa shape index (κ2) is 4.93. The summed E-state index contributed by atoms with van der Waals surface area (Å²) in [5, 5.41) is 0. The number of imidazole rings is 1. The molecule has 19 heavy (non-hydrogen) atoms. The lowest BCUT2D eigenvalue weighted by atomic mass is 10.2. The van der Waals surface area contributed by atoms with Gasteiger partial charge in [-0.05, 0) is 52.3 Å². The molecule has 0 saturated carbocycles. The molecule has 0 aliphatic rings. The molecule has 0 amide bonds. The Kier molecular flexibility index (Phi) is 3.13. The minimum absolute atomic E-state index is 0.258. The van der Waals surface area contributed by atoms with Crippen LogP contribution in [0.1, 0.15) is 0 Å². The summed E-state index contributed by atoms with van der Waals surface area (Å²) in [4.78, 5) is 8.43. The van der Waals surface area contributed by atoms with E-state index in [1.54, 1.807) is 30.9 Å². The second-order valence-corrected chi connectivity index (χ2v) is 4.72. The molecule has 0 fully saturated rings. The zero-order valence-corrected chi connectivity index (χ0v) is 11.4. The van der Waals surface area contributed by atoms with E-state index in [0.717, 1.165) is 21.5 Å². The molecular weight excluding hydrogens is 309 g/mol. The molecule has 0 bridgehead atoms. The summed E-state index contributed by atoms with van der Waals surface area (Å²) >= 11 is 3.52. The number of benzene rings is 1. The lowest BCUT2D eigenvalue weighted by Crippen LogP contribution is -1.92. The standard InChI is InChI=1S/C14H9BrFN3/c15-14-13(10-3-5-11(16)6-4-10)18-9-19(14)12-2-1-7-17-8-12/h1-9H. The van der Waals surface area contributed by atoms with Gasteiger partial charge in [-0.15, -0.1) is 0 Å². The number of rotatable bonds is 2. The van der Waals surface area contributed by atoms with E-state index >= 15 is 0 Å². The number of hydrogen-bond donors (Lipinski definition) is 0. The molecule has 0 unspecified atom stereocenters. The third-order valence-electron chi connectivity index (χ3n) is 2.75. The van der Waals surface area contributed by atoms with Crippen LogP contribution in [0.2, 0.25) is 0 Å². The molecule has 3 rings (SSSR count). The quantitative estimate of drug-likeness (QED) is 0.719. The monoisotopic (exact) mass is 317 g/mol. The van der Waals surface area contributed by atoms with Crippen LogP contribution in [0, 0.1) is 5.82 Å². The van der Waals surface area contributed by atoms with Crippen molar-refractivity contribution in [2.45, 2.75) is 0 Å². The van der Waals surface area contributed by atoms with Crippen molar-refractivity contribution in [1.82, 2.24) is 14.5 Å². The summed E-state index contributed by atoms with van der Waals surface area (Å²) in [5.41, 5.74) is 2.54. The van der Waals surface area contributed by atoms with Crippen molar-refractivity contribution < 1.29 is 4.39 Å². The largest absolute Gasteiger partial charge is 0.291 e. The maximum atomic E-state index is 12.9. The lowest BCUT2D eigenvalue weighted by molar-refractivity contribution is 0.628. The summed E-state index contributed by atoms with van der Waals surface area (Å²) < 4.78 is 15.6. The van der Waals surface area contributed by atoms with E-state index in [1.165, 1.54) is 12.1 Å². The molecule has 0 aliphatic carbocycles. The first-order valence-corrected chi connectivity index (χ1v) is 6.44. The van der Waals surface area contributed by atoms with Gasteiger partial charge in [0.1, 0.15) is 22.4 Å². The summed E-state index contributed by atoms with van der Waals surface area (Å²) in [6.45, 7) is 0. The number of nitrogens with zero attached hydrogens (tertiary/aromatic N) is 3. The molecule has 94 valence electrons. The Balaban J connectivity index is 2.06. The van der Waals surface area contributed by atoms with Crippen molar-refractivity contribution in [2.75, 3.05) is 0 Å². The predicted molar refractivity (Wildman–Crippen MR) is 74.5 cm³/mol. The van der Waals surface area contributed by atoms with Gasteiger partial charge in [-0.25, -0.2) is 9.37 Å². The van der Waals surface area contributed by atoms with Crippen LogP contribution >= 0.6 is 15.9 Å². The minimum atomic E-state index is -0.258.